The fourth-order valence-corrected chi connectivity index (χ4v) is 6.99. The topological polar surface area (TPSA) is 47.8 Å². The van der Waals surface area contributed by atoms with E-state index in [0.717, 1.165) is 40.6 Å². The lowest BCUT2D eigenvalue weighted by atomic mass is 9.97. The summed E-state index contributed by atoms with van der Waals surface area (Å²) in [6.07, 6.45) is 7.80. The van der Waals surface area contributed by atoms with Crippen LogP contribution in [-0.2, 0) is 25.1 Å². The van der Waals surface area contributed by atoms with Crippen molar-refractivity contribution in [3.63, 3.8) is 0 Å². The molecule has 4 aromatic rings. The molecule has 3 aromatic heterocycles. The molecule has 8 heteroatoms. The molecule has 5 rings (SSSR count). The second kappa shape index (κ2) is 8.94. The highest BCUT2D eigenvalue weighted by molar-refractivity contribution is 7.98. The van der Waals surface area contributed by atoms with E-state index in [1.54, 1.807) is 28.3 Å². The molecule has 31 heavy (non-hydrogen) atoms. The first-order chi connectivity index (χ1) is 15.1. The van der Waals surface area contributed by atoms with Crippen molar-refractivity contribution in [1.29, 1.82) is 0 Å². The van der Waals surface area contributed by atoms with Gasteiger partial charge in [0.15, 0.2) is 5.16 Å². The Balaban J connectivity index is 1.61. The summed E-state index contributed by atoms with van der Waals surface area (Å²) in [5.41, 5.74) is 3.11. The second-order valence-corrected chi connectivity index (χ2v) is 10.4. The molecule has 0 atom stereocenters. The van der Waals surface area contributed by atoms with Crippen LogP contribution in [0.25, 0.3) is 10.2 Å². The molecule has 0 radical (unpaired) electrons. The van der Waals surface area contributed by atoms with Crippen molar-refractivity contribution in [2.45, 2.75) is 43.1 Å². The first-order valence-electron chi connectivity index (χ1n) is 10.1. The lowest BCUT2D eigenvalue weighted by Crippen LogP contribution is -2.24. The van der Waals surface area contributed by atoms with Crippen LogP contribution in [-0.4, -0.2) is 14.5 Å². The van der Waals surface area contributed by atoms with Crippen molar-refractivity contribution in [2.24, 2.45) is 0 Å². The lowest BCUT2D eigenvalue weighted by molar-refractivity contribution is 0.655. The van der Waals surface area contributed by atoms with Crippen molar-refractivity contribution in [3.05, 3.63) is 84.7 Å². The largest absolute Gasteiger partial charge is 0.283 e. The van der Waals surface area contributed by atoms with Crippen molar-refractivity contribution in [3.8, 4) is 0 Å². The fourth-order valence-electron chi connectivity index (χ4n) is 3.95. The predicted molar refractivity (Wildman–Crippen MR) is 130 cm³/mol. The molecule has 0 fully saturated rings. The van der Waals surface area contributed by atoms with Gasteiger partial charge in [-0.15, -0.1) is 11.3 Å². The van der Waals surface area contributed by atoms with Gasteiger partial charge in [-0.1, -0.05) is 41.0 Å². The maximum Gasteiger partial charge on any atom is 0.263 e. The third kappa shape index (κ3) is 4.14. The Morgan fingerprint density at radius 1 is 1.06 bits per heavy atom. The zero-order valence-electron chi connectivity index (χ0n) is 16.6. The number of benzene rings is 1. The van der Waals surface area contributed by atoms with E-state index < -0.39 is 0 Å². The molecular formula is C23H19Cl2N3OS2. The van der Waals surface area contributed by atoms with Gasteiger partial charge < -0.3 is 0 Å². The van der Waals surface area contributed by atoms with Crippen LogP contribution in [0.3, 0.4) is 0 Å². The Morgan fingerprint density at radius 3 is 2.58 bits per heavy atom. The highest BCUT2D eigenvalue weighted by atomic mass is 35.5. The molecular weight excluding hydrogens is 469 g/mol. The van der Waals surface area contributed by atoms with E-state index in [4.69, 9.17) is 28.2 Å². The average molecular weight is 488 g/mol. The third-order valence-corrected chi connectivity index (χ3v) is 8.43. The van der Waals surface area contributed by atoms with Gasteiger partial charge in [0.2, 0.25) is 0 Å². The Bertz CT molecular complexity index is 1300. The molecule has 0 saturated carbocycles. The summed E-state index contributed by atoms with van der Waals surface area (Å²) in [5.74, 6) is 0.540. The van der Waals surface area contributed by atoms with Crippen molar-refractivity contribution >= 4 is 56.5 Å². The van der Waals surface area contributed by atoms with E-state index in [1.165, 1.54) is 28.6 Å². The molecule has 158 valence electrons. The van der Waals surface area contributed by atoms with Gasteiger partial charge in [-0.3, -0.25) is 14.3 Å². The molecule has 0 bridgehead atoms. The highest BCUT2D eigenvalue weighted by Gasteiger charge is 2.22. The van der Waals surface area contributed by atoms with Gasteiger partial charge in [0.05, 0.1) is 11.9 Å². The van der Waals surface area contributed by atoms with Crippen LogP contribution in [0.4, 0.5) is 0 Å². The Labute approximate surface area is 198 Å². The number of pyridine rings is 1. The number of aromatic nitrogens is 3. The summed E-state index contributed by atoms with van der Waals surface area (Å²) in [6.45, 7) is 0.452. The van der Waals surface area contributed by atoms with Gasteiger partial charge in [0, 0.05) is 33.1 Å². The lowest BCUT2D eigenvalue weighted by Gasteiger charge is -2.14. The second-order valence-electron chi connectivity index (χ2n) is 7.52. The number of aryl methyl sites for hydroxylation is 2. The monoisotopic (exact) mass is 487 g/mol. The molecule has 0 spiro atoms. The van der Waals surface area contributed by atoms with E-state index in [2.05, 4.69) is 4.98 Å². The molecule has 1 aromatic carbocycles. The fraction of sp³-hybridized carbons (Fsp3) is 0.261. The van der Waals surface area contributed by atoms with Crippen molar-refractivity contribution < 1.29 is 0 Å². The van der Waals surface area contributed by atoms with Gasteiger partial charge >= 0.3 is 0 Å². The maximum atomic E-state index is 13.7. The molecule has 0 saturated heterocycles. The summed E-state index contributed by atoms with van der Waals surface area (Å²) >= 11 is 15.9. The number of thiophene rings is 1. The molecule has 1 aliphatic carbocycles. The minimum Gasteiger partial charge on any atom is -0.283 e. The average Bonchev–Trinajstić information content (AvgIpc) is 3.15. The van der Waals surface area contributed by atoms with E-state index >= 15 is 0 Å². The summed E-state index contributed by atoms with van der Waals surface area (Å²) in [5, 5.41) is 2.73. The Kier molecular flexibility index (Phi) is 6.06. The molecule has 1 aliphatic rings. The molecule has 0 N–H and O–H groups in total. The van der Waals surface area contributed by atoms with E-state index in [-0.39, 0.29) is 5.56 Å². The summed E-state index contributed by atoms with van der Waals surface area (Å²) < 4.78 is 1.79. The zero-order chi connectivity index (χ0) is 21.4. The predicted octanol–water partition coefficient (Wildman–Crippen LogP) is 6.38. The summed E-state index contributed by atoms with van der Waals surface area (Å²) in [4.78, 5) is 24.9. The van der Waals surface area contributed by atoms with Crippen LogP contribution < -0.4 is 5.56 Å². The Morgan fingerprint density at radius 2 is 1.81 bits per heavy atom. The van der Waals surface area contributed by atoms with Gasteiger partial charge in [0.25, 0.3) is 5.56 Å². The minimum atomic E-state index is 0.0361. The van der Waals surface area contributed by atoms with Gasteiger partial charge in [-0.25, -0.2) is 4.98 Å². The maximum absolute atomic E-state index is 13.7. The van der Waals surface area contributed by atoms with Gasteiger partial charge in [-0.05, 0) is 66.6 Å². The first-order valence-corrected chi connectivity index (χ1v) is 12.7. The third-order valence-electron chi connectivity index (χ3n) is 5.54. The number of nitrogens with zero attached hydrogens (tertiary/aromatic N) is 3. The molecule has 0 amide bonds. The van der Waals surface area contributed by atoms with Crippen LogP contribution in [0.1, 0.15) is 34.4 Å². The summed E-state index contributed by atoms with van der Waals surface area (Å²) in [7, 11) is 0. The SMILES string of the molecule is O=c1c2c3c(sc2nc(SCc2c(Cl)cccc2Cl)n1Cc1ccncc1)CCCC3. The molecule has 4 nitrogen and oxygen atoms in total. The number of hydrogen-bond donors (Lipinski definition) is 0. The van der Waals surface area contributed by atoms with Crippen LogP contribution in [0.5, 0.6) is 0 Å². The quantitative estimate of drug-likeness (QED) is 0.242. The van der Waals surface area contributed by atoms with Gasteiger partial charge in [0.1, 0.15) is 4.83 Å². The number of hydrogen-bond acceptors (Lipinski definition) is 5. The standard InChI is InChI=1S/C23H19Cl2N3OS2/c24-17-5-3-6-18(25)16(17)13-30-23-27-21-20(15-4-1-2-7-19(15)31-21)22(29)28(23)12-14-8-10-26-11-9-14/h3,5-6,8-11H,1-2,4,7,12-13H2. The molecule has 3 heterocycles. The van der Waals surface area contributed by atoms with Crippen LogP contribution in [0, 0.1) is 0 Å². The van der Waals surface area contributed by atoms with Crippen molar-refractivity contribution in [1.82, 2.24) is 14.5 Å². The normalized spacial score (nSPS) is 13.5. The molecule has 0 unspecified atom stereocenters. The number of thioether (sulfide) groups is 1. The van der Waals surface area contributed by atoms with Gasteiger partial charge in [-0.2, -0.15) is 0 Å². The smallest absolute Gasteiger partial charge is 0.263 e. The number of rotatable bonds is 5. The molecule has 0 aliphatic heterocycles. The van der Waals surface area contributed by atoms with E-state index in [1.807, 2.05) is 30.3 Å². The van der Waals surface area contributed by atoms with Crippen molar-refractivity contribution in [2.75, 3.05) is 0 Å². The van der Waals surface area contributed by atoms with Crippen LogP contribution in [0.2, 0.25) is 10.0 Å². The van der Waals surface area contributed by atoms with Crippen LogP contribution >= 0.6 is 46.3 Å². The van der Waals surface area contributed by atoms with E-state index in [9.17, 15) is 4.79 Å². The summed E-state index contributed by atoms with van der Waals surface area (Å²) in [6, 6.07) is 9.35. The first kappa shape index (κ1) is 21.0. The van der Waals surface area contributed by atoms with E-state index in [0.29, 0.717) is 27.5 Å². The number of halogens is 2. The zero-order valence-corrected chi connectivity index (χ0v) is 19.8. The van der Waals surface area contributed by atoms with Crippen LogP contribution in [0.15, 0.2) is 52.7 Å². The highest BCUT2D eigenvalue weighted by Crippen LogP contribution is 2.36. The Hall–Kier alpha value is -1.86. The minimum absolute atomic E-state index is 0.0361. The number of fused-ring (bicyclic) bond motifs is 3.